The standard InChI is InChI=1S/C18H20N2O.C17H18N2O.C16H16N2O.C16H16N2/c1-18(2,21)12-16-11-15-9-6-10-19-17(15)20(16)13-14-7-4-3-5-8-14;1-17(2,20)15-11-14-9-6-10-18-16(14)19(15)12-13-7-4-3-5-8-13;19-10-8-15-11-14-7-4-9-17-16(14)18(15)12-13-5-2-1-3-6-13;1-12-5-7-14(8-6-12)11-18-13(2)10-15-4-3-9-17-16(15)18/h3-11,21H,12-13H2,1-2H3;3-11,20H,12H2,1-2H3;1-7,9,11,19H,8,10,12H2;3-10H,11H2,1-2H3. The minimum atomic E-state index is -0.893. The highest BCUT2D eigenvalue weighted by molar-refractivity contribution is 5.80. The molecule has 12 rings (SSSR count). The predicted octanol–water partition coefficient (Wildman–Crippen LogP) is 13.0. The van der Waals surface area contributed by atoms with Gasteiger partial charge in [0.15, 0.2) is 0 Å². The number of benzene rings is 4. The van der Waals surface area contributed by atoms with Gasteiger partial charge < -0.3 is 33.6 Å². The Labute approximate surface area is 457 Å². The maximum atomic E-state index is 10.4. The molecule has 0 amide bonds. The van der Waals surface area contributed by atoms with Gasteiger partial charge in [-0.2, -0.15) is 0 Å². The number of pyridine rings is 4. The van der Waals surface area contributed by atoms with Gasteiger partial charge >= 0.3 is 0 Å². The zero-order chi connectivity index (χ0) is 54.7. The topological polar surface area (TPSA) is 132 Å². The van der Waals surface area contributed by atoms with E-state index in [0.29, 0.717) is 19.4 Å². The van der Waals surface area contributed by atoms with E-state index in [1.807, 2.05) is 137 Å². The third kappa shape index (κ3) is 13.7. The Balaban J connectivity index is 0.000000127. The van der Waals surface area contributed by atoms with Crippen LogP contribution >= 0.6 is 0 Å². The Hall–Kier alpha value is -8.48. The number of fused-ring (bicyclic) bond motifs is 4. The van der Waals surface area contributed by atoms with Gasteiger partial charge in [0, 0.05) is 109 Å². The lowest BCUT2D eigenvalue weighted by atomic mass is 10.0. The molecule has 0 bridgehead atoms. The smallest absolute Gasteiger partial charge is 0.140 e. The lowest BCUT2D eigenvalue weighted by Crippen LogP contribution is -2.24. The van der Waals surface area contributed by atoms with Crippen molar-refractivity contribution in [3.05, 3.63) is 263 Å². The van der Waals surface area contributed by atoms with E-state index in [1.165, 1.54) is 38.9 Å². The number of hydrogen-bond acceptors (Lipinski definition) is 7. The summed E-state index contributed by atoms with van der Waals surface area (Å²) in [7, 11) is 0. The highest BCUT2D eigenvalue weighted by Crippen LogP contribution is 2.29. The summed E-state index contributed by atoms with van der Waals surface area (Å²) in [5.74, 6) is 0. The minimum Gasteiger partial charge on any atom is -0.396 e. The van der Waals surface area contributed by atoms with E-state index in [2.05, 4.69) is 149 Å². The number of rotatable bonds is 13. The Kier molecular flexibility index (Phi) is 17.2. The zero-order valence-electron chi connectivity index (χ0n) is 45.6. The van der Waals surface area contributed by atoms with E-state index in [1.54, 1.807) is 6.20 Å². The van der Waals surface area contributed by atoms with Gasteiger partial charge in [-0.05, 0) is 137 Å². The molecule has 12 aromatic rings. The molecule has 11 heteroatoms. The summed E-state index contributed by atoms with van der Waals surface area (Å²) in [4.78, 5) is 17.9. The van der Waals surface area contributed by atoms with Gasteiger partial charge in [-0.1, -0.05) is 121 Å². The van der Waals surface area contributed by atoms with Crippen LogP contribution in [0.2, 0.25) is 0 Å². The van der Waals surface area contributed by atoms with Crippen molar-refractivity contribution in [2.75, 3.05) is 6.61 Å². The fourth-order valence-corrected chi connectivity index (χ4v) is 9.89. The van der Waals surface area contributed by atoms with E-state index in [4.69, 9.17) is 0 Å². The van der Waals surface area contributed by atoms with E-state index < -0.39 is 11.2 Å². The number of aromatic nitrogens is 8. The largest absolute Gasteiger partial charge is 0.396 e. The van der Waals surface area contributed by atoms with Crippen LogP contribution in [0.25, 0.3) is 44.1 Å². The summed E-state index contributed by atoms with van der Waals surface area (Å²) in [5, 5.41) is 34.3. The first kappa shape index (κ1) is 54.3. The van der Waals surface area contributed by atoms with Crippen LogP contribution in [0.5, 0.6) is 0 Å². The molecule has 396 valence electrons. The number of hydrogen-bond donors (Lipinski definition) is 3. The normalized spacial score (nSPS) is 11.5. The molecule has 0 saturated heterocycles. The van der Waals surface area contributed by atoms with Gasteiger partial charge in [-0.15, -0.1) is 0 Å². The SMILES string of the molecule is CC(C)(O)Cc1cc2cccnc2n1Cc1ccccc1.CC(C)(O)c1cc2cccnc2n1Cc1ccccc1.Cc1ccc(Cn2c(C)cc3cccnc32)cc1.OCCc1cc2cccnc2n1Cc1ccccc1. The zero-order valence-corrected chi connectivity index (χ0v) is 45.6. The van der Waals surface area contributed by atoms with Crippen LogP contribution in [0, 0.1) is 13.8 Å². The van der Waals surface area contributed by atoms with E-state index in [9.17, 15) is 15.3 Å². The van der Waals surface area contributed by atoms with Crippen molar-refractivity contribution < 1.29 is 15.3 Å². The molecule has 4 aromatic carbocycles. The number of aliphatic hydroxyl groups excluding tert-OH is 1. The molecule has 0 atom stereocenters. The second-order valence-electron chi connectivity index (χ2n) is 21.1. The molecule has 0 aliphatic rings. The van der Waals surface area contributed by atoms with Crippen LogP contribution in [0.4, 0.5) is 0 Å². The fourth-order valence-electron chi connectivity index (χ4n) is 9.89. The summed E-state index contributed by atoms with van der Waals surface area (Å²) < 4.78 is 8.73. The van der Waals surface area contributed by atoms with Crippen molar-refractivity contribution in [2.24, 2.45) is 0 Å². The van der Waals surface area contributed by atoms with Crippen LogP contribution in [0.3, 0.4) is 0 Å². The van der Waals surface area contributed by atoms with Crippen molar-refractivity contribution in [3.8, 4) is 0 Å². The third-order valence-electron chi connectivity index (χ3n) is 13.6. The van der Waals surface area contributed by atoms with Gasteiger partial charge in [0.25, 0.3) is 0 Å². The van der Waals surface area contributed by atoms with Crippen molar-refractivity contribution in [1.29, 1.82) is 0 Å². The van der Waals surface area contributed by atoms with E-state index >= 15 is 0 Å². The molecule has 78 heavy (non-hydrogen) atoms. The number of aliphatic hydroxyl groups is 3. The lowest BCUT2D eigenvalue weighted by Gasteiger charge is -2.20. The number of nitrogens with zero attached hydrogens (tertiary/aromatic N) is 8. The van der Waals surface area contributed by atoms with Crippen LogP contribution < -0.4 is 0 Å². The third-order valence-corrected chi connectivity index (χ3v) is 13.6. The van der Waals surface area contributed by atoms with E-state index in [-0.39, 0.29) is 6.61 Å². The molecule has 0 spiro atoms. The average Bonchev–Trinajstić information content (AvgIpc) is 4.28. The Morgan fingerprint density at radius 3 is 1.22 bits per heavy atom. The summed E-state index contributed by atoms with van der Waals surface area (Å²) >= 11 is 0. The maximum Gasteiger partial charge on any atom is 0.140 e. The molecule has 0 radical (unpaired) electrons. The minimum absolute atomic E-state index is 0.158. The second-order valence-corrected chi connectivity index (χ2v) is 21.1. The molecule has 0 unspecified atom stereocenters. The first-order valence-electron chi connectivity index (χ1n) is 26.7. The van der Waals surface area contributed by atoms with Crippen molar-refractivity contribution in [2.45, 2.75) is 91.8 Å². The molecule has 0 aliphatic carbocycles. The van der Waals surface area contributed by atoms with Crippen LogP contribution in [-0.2, 0) is 44.6 Å². The summed E-state index contributed by atoms with van der Waals surface area (Å²) in [6.45, 7) is 14.8. The summed E-state index contributed by atoms with van der Waals surface area (Å²) in [6.07, 6.45) is 8.54. The van der Waals surface area contributed by atoms with Gasteiger partial charge in [-0.25, -0.2) is 19.9 Å². The molecule has 11 nitrogen and oxygen atoms in total. The Bertz CT molecular complexity index is 3830. The van der Waals surface area contributed by atoms with Crippen molar-refractivity contribution in [3.63, 3.8) is 0 Å². The number of aryl methyl sites for hydroxylation is 2. The summed E-state index contributed by atoms with van der Waals surface area (Å²) in [6, 6.07) is 64.1. The Morgan fingerprint density at radius 1 is 0.397 bits per heavy atom. The van der Waals surface area contributed by atoms with Gasteiger partial charge in [0.05, 0.1) is 16.9 Å². The van der Waals surface area contributed by atoms with Crippen LogP contribution in [0.1, 0.15) is 78.3 Å². The molecule has 0 saturated carbocycles. The fraction of sp³-hybridized carbons (Fsp3) is 0.224. The molecule has 8 heterocycles. The van der Waals surface area contributed by atoms with Gasteiger partial charge in [0.2, 0.25) is 0 Å². The highest BCUT2D eigenvalue weighted by Gasteiger charge is 2.24. The average molecular weight is 1040 g/mol. The molecule has 0 fully saturated rings. The highest BCUT2D eigenvalue weighted by atomic mass is 16.3. The van der Waals surface area contributed by atoms with Gasteiger partial charge in [-0.3, -0.25) is 0 Å². The Morgan fingerprint density at radius 2 is 0.769 bits per heavy atom. The molecular formula is C67H70N8O3. The quantitative estimate of drug-likeness (QED) is 0.105. The molecule has 0 aliphatic heterocycles. The van der Waals surface area contributed by atoms with Crippen molar-refractivity contribution >= 4 is 44.1 Å². The predicted molar refractivity (Wildman–Crippen MR) is 317 cm³/mol. The van der Waals surface area contributed by atoms with Crippen LogP contribution in [0.15, 0.2) is 213 Å². The van der Waals surface area contributed by atoms with Gasteiger partial charge in [0.1, 0.15) is 22.6 Å². The lowest BCUT2D eigenvalue weighted by molar-refractivity contribution is 0.0705. The van der Waals surface area contributed by atoms with Crippen LogP contribution in [-0.4, -0.2) is 65.7 Å². The first-order valence-corrected chi connectivity index (χ1v) is 26.7. The molecule has 3 N–H and O–H groups in total. The molecular weight excluding hydrogens is 965 g/mol. The maximum absolute atomic E-state index is 10.4. The first-order chi connectivity index (χ1) is 37.7. The summed E-state index contributed by atoms with van der Waals surface area (Å²) in [5.41, 5.74) is 13.0. The van der Waals surface area contributed by atoms with E-state index in [0.717, 1.165) is 75.5 Å². The van der Waals surface area contributed by atoms with Crippen molar-refractivity contribution in [1.82, 2.24) is 38.2 Å². The molecule has 8 aromatic heterocycles. The second kappa shape index (κ2) is 24.7. The monoisotopic (exact) mass is 1030 g/mol.